The minimum atomic E-state index is -0.0447. The third kappa shape index (κ3) is 4.78. The predicted octanol–water partition coefficient (Wildman–Crippen LogP) is 3.22. The molecule has 1 aliphatic heterocycles. The molecular weight excluding hydrogens is 404 g/mol. The largest absolute Gasteiger partial charge is 0.488 e. The average molecular weight is 431 g/mol. The van der Waals surface area contributed by atoms with Crippen molar-refractivity contribution in [3.63, 3.8) is 0 Å². The van der Waals surface area contributed by atoms with Crippen LogP contribution in [0.15, 0.2) is 57.7 Å². The molecule has 160 valence electrons. The van der Waals surface area contributed by atoms with E-state index in [2.05, 4.69) is 9.80 Å². The van der Waals surface area contributed by atoms with Crippen molar-refractivity contribution in [2.45, 2.75) is 13.5 Å². The summed E-state index contributed by atoms with van der Waals surface area (Å²) in [5.74, 6) is 1.31. The van der Waals surface area contributed by atoms with Gasteiger partial charge in [-0.05, 0) is 24.6 Å². The van der Waals surface area contributed by atoms with Crippen LogP contribution in [-0.4, -0.2) is 49.3 Å². The van der Waals surface area contributed by atoms with Gasteiger partial charge in [-0.3, -0.25) is 9.69 Å². The van der Waals surface area contributed by atoms with Crippen LogP contribution in [0.5, 0.6) is 5.75 Å². The van der Waals surface area contributed by atoms with Gasteiger partial charge in [0.1, 0.15) is 17.9 Å². The number of hydrogen-bond acceptors (Lipinski definition) is 6. The normalized spacial score (nSPS) is 14.5. The lowest BCUT2D eigenvalue weighted by Gasteiger charge is -2.34. The molecule has 6 nitrogen and oxygen atoms in total. The molecule has 7 heteroatoms. The average Bonchev–Trinajstić information content (AvgIpc) is 2.75. The Morgan fingerprint density at radius 3 is 2.50 bits per heavy atom. The van der Waals surface area contributed by atoms with Crippen molar-refractivity contribution >= 4 is 29.3 Å². The number of nitrogens with zero attached hydrogens (tertiary/aromatic N) is 2. The van der Waals surface area contributed by atoms with Crippen LogP contribution in [-0.2, 0) is 6.61 Å². The lowest BCUT2D eigenvalue weighted by Crippen LogP contribution is -2.47. The quantitative estimate of drug-likeness (QED) is 0.647. The van der Waals surface area contributed by atoms with E-state index in [1.165, 1.54) is 0 Å². The van der Waals surface area contributed by atoms with Gasteiger partial charge in [0.15, 0.2) is 11.3 Å². The number of piperazine rings is 1. The van der Waals surface area contributed by atoms with Gasteiger partial charge in [-0.25, -0.2) is 0 Å². The second kappa shape index (κ2) is 9.98. The zero-order valence-corrected chi connectivity index (χ0v) is 17.9. The first-order chi connectivity index (χ1) is 14.2. The molecule has 0 unspecified atom stereocenters. The summed E-state index contributed by atoms with van der Waals surface area (Å²) >= 11 is 0. The first-order valence-corrected chi connectivity index (χ1v) is 9.98. The molecule has 4 rings (SSSR count). The molecule has 2 aromatic carbocycles. The number of fused-ring (bicyclic) bond motifs is 1. The van der Waals surface area contributed by atoms with Crippen molar-refractivity contribution in [2.75, 3.05) is 44.2 Å². The molecular formula is C23H27ClN2O4. The van der Waals surface area contributed by atoms with Gasteiger partial charge in [-0.15, -0.1) is 12.4 Å². The zero-order chi connectivity index (χ0) is 20.2. The van der Waals surface area contributed by atoms with Gasteiger partial charge in [-0.1, -0.05) is 30.3 Å². The minimum absolute atomic E-state index is 0. The lowest BCUT2D eigenvalue weighted by atomic mass is 10.1. The van der Waals surface area contributed by atoms with E-state index in [4.69, 9.17) is 14.3 Å². The predicted molar refractivity (Wildman–Crippen MR) is 121 cm³/mol. The molecule has 1 fully saturated rings. The van der Waals surface area contributed by atoms with Gasteiger partial charge in [0.25, 0.3) is 0 Å². The maximum absolute atomic E-state index is 12.7. The Labute approximate surface area is 182 Å². The molecule has 0 spiro atoms. The van der Waals surface area contributed by atoms with Gasteiger partial charge in [0, 0.05) is 44.4 Å². The van der Waals surface area contributed by atoms with Crippen LogP contribution in [0.3, 0.4) is 0 Å². The smallest absolute Gasteiger partial charge is 0.200 e. The molecule has 0 bridgehead atoms. The van der Waals surface area contributed by atoms with E-state index in [0.717, 1.165) is 43.1 Å². The number of hydrogen-bond donors (Lipinski definition) is 1. The maximum Gasteiger partial charge on any atom is 0.200 e. The van der Waals surface area contributed by atoms with E-state index >= 15 is 0 Å². The number of anilines is 1. The van der Waals surface area contributed by atoms with Crippen LogP contribution < -0.4 is 15.1 Å². The molecule has 0 saturated carbocycles. The molecule has 0 aliphatic carbocycles. The van der Waals surface area contributed by atoms with Crippen molar-refractivity contribution < 1.29 is 14.3 Å². The van der Waals surface area contributed by atoms with Crippen LogP contribution in [0.25, 0.3) is 11.0 Å². The highest BCUT2D eigenvalue weighted by Gasteiger charge is 2.20. The minimum Gasteiger partial charge on any atom is -0.488 e. The van der Waals surface area contributed by atoms with E-state index in [1.54, 1.807) is 12.1 Å². The Hall–Kier alpha value is -2.54. The number of ether oxygens (including phenoxy) is 1. The Balaban J connectivity index is 0.00000256. The second-order valence-electron chi connectivity index (χ2n) is 7.34. The second-order valence-corrected chi connectivity index (χ2v) is 7.34. The van der Waals surface area contributed by atoms with E-state index < -0.39 is 0 Å². The van der Waals surface area contributed by atoms with Crippen molar-refractivity contribution in [3.05, 3.63) is 69.9 Å². The van der Waals surface area contributed by atoms with Crippen molar-refractivity contribution in [3.8, 4) is 5.75 Å². The summed E-state index contributed by atoms with van der Waals surface area (Å²) in [5, 5.41) is 9.67. The van der Waals surface area contributed by atoms with Crippen LogP contribution in [0.2, 0.25) is 0 Å². The van der Waals surface area contributed by atoms with Crippen LogP contribution >= 0.6 is 12.4 Å². The SMILES string of the molecule is Cc1c(OCc2ccccc2)ccc2c(=O)cc(N3CCN(CCO)CC3)oc12.Cl. The lowest BCUT2D eigenvalue weighted by molar-refractivity contribution is 0.187. The third-order valence-corrected chi connectivity index (χ3v) is 5.42. The fourth-order valence-electron chi connectivity index (χ4n) is 3.70. The fraction of sp³-hybridized carbons (Fsp3) is 0.348. The first kappa shape index (κ1) is 22.2. The highest BCUT2D eigenvalue weighted by atomic mass is 35.5. The summed E-state index contributed by atoms with van der Waals surface area (Å²) in [6.45, 7) is 6.42. The molecule has 3 aromatic rings. The topological polar surface area (TPSA) is 66.2 Å². The number of halogens is 1. The number of aryl methyl sites for hydroxylation is 1. The highest BCUT2D eigenvalue weighted by molar-refractivity contribution is 5.85. The van der Waals surface area contributed by atoms with Gasteiger partial charge in [0.05, 0.1) is 12.0 Å². The van der Waals surface area contributed by atoms with E-state index in [0.29, 0.717) is 30.0 Å². The molecule has 1 N–H and O–H groups in total. The Morgan fingerprint density at radius 2 is 1.80 bits per heavy atom. The number of aliphatic hydroxyl groups excluding tert-OH is 1. The Kier molecular flexibility index (Phi) is 7.37. The molecule has 1 aliphatic rings. The van der Waals surface area contributed by atoms with E-state index in [-0.39, 0.29) is 24.4 Å². The van der Waals surface area contributed by atoms with E-state index in [1.807, 2.05) is 43.3 Å². The van der Waals surface area contributed by atoms with Gasteiger partial charge in [0.2, 0.25) is 0 Å². The summed E-state index contributed by atoms with van der Waals surface area (Å²) < 4.78 is 12.2. The molecule has 1 saturated heterocycles. The van der Waals surface area contributed by atoms with Crippen LogP contribution in [0.1, 0.15) is 11.1 Å². The monoisotopic (exact) mass is 430 g/mol. The maximum atomic E-state index is 12.7. The number of rotatable bonds is 6. The summed E-state index contributed by atoms with van der Waals surface area (Å²) in [6.07, 6.45) is 0. The highest BCUT2D eigenvalue weighted by Crippen LogP contribution is 2.29. The molecule has 0 amide bonds. The molecule has 30 heavy (non-hydrogen) atoms. The summed E-state index contributed by atoms with van der Waals surface area (Å²) in [5.41, 5.74) is 2.45. The van der Waals surface area contributed by atoms with Crippen molar-refractivity contribution in [2.24, 2.45) is 0 Å². The Morgan fingerprint density at radius 1 is 1.07 bits per heavy atom. The van der Waals surface area contributed by atoms with Crippen molar-refractivity contribution in [1.82, 2.24) is 4.90 Å². The van der Waals surface area contributed by atoms with E-state index in [9.17, 15) is 4.79 Å². The van der Waals surface area contributed by atoms with Crippen LogP contribution in [0, 0.1) is 6.92 Å². The van der Waals surface area contributed by atoms with Crippen LogP contribution in [0.4, 0.5) is 5.88 Å². The Bertz CT molecular complexity index is 1030. The number of aliphatic hydroxyl groups is 1. The zero-order valence-electron chi connectivity index (χ0n) is 17.0. The fourth-order valence-corrected chi connectivity index (χ4v) is 3.70. The molecule has 0 atom stereocenters. The number of benzene rings is 2. The van der Waals surface area contributed by atoms with Gasteiger partial charge in [-0.2, -0.15) is 0 Å². The number of β-amino-alcohol motifs (C(OH)–C–C–N with tert-alkyl or cyclic N) is 1. The summed E-state index contributed by atoms with van der Waals surface area (Å²) in [4.78, 5) is 17.0. The first-order valence-electron chi connectivity index (χ1n) is 9.98. The standard InChI is InChI=1S/C23H26N2O4.ClH/c1-17-21(28-16-18-5-3-2-4-6-18)8-7-19-20(27)15-22(29-23(17)19)25-11-9-24(10-12-25)13-14-26;/h2-8,15,26H,9-14,16H2,1H3;1H. The molecule has 0 radical (unpaired) electrons. The van der Waals surface area contributed by atoms with Crippen molar-refractivity contribution in [1.29, 1.82) is 0 Å². The summed E-state index contributed by atoms with van der Waals surface area (Å²) in [6, 6.07) is 15.2. The van der Waals surface area contributed by atoms with Gasteiger partial charge < -0.3 is 19.2 Å². The molecule has 2 heterocycles. The van der Waals surface area contributed by atoms with Gasteiger partial charge >= 0.3 is 0 Å². The summed E-state index contributed by atoms with van der Waals surface area (Å²) in [7, 11) is 0. The molecule has 1 aromatic heterocycles. The third-order valence-electron chi connectivity index (χ3n) is 5.42.